The molecule has 2 aromatic carbocycles. The summed E-state index contributed by atoms with van der Waals surface area (Å²) in [5.41, 5.74) is 0.390. The van der Waals surface area contributed by atoms with Crippen molar-refractivity contribution < 1.29 is 22.8 Å². The molecule has 1 saturated heterocycles. The van der Waals surface area contributed by atoms with Crippen molar-refractivity contribution in [1.29, 1.82) is 0 Å². The number of rotatable bonds is 5. The Kier molecular flexibility index (Phi) is 4.77. The number of para-hydroxylation sites is 1. The Hall–Kier alpha value is -3.29. The Morgan fingerprint density at radius 3 is 2.61 bits per heavy atom. The van der Waals surface area contributed by atoms with Gasteiger partial charge < -0.3 is 14.2 Å². The van der Waals surface area contributed by atoms with Gasteiger partial charge >= 0.3 is 0 Å². The van der Waals surface area contributed by atoms with E-state index in [0.717, 1.165) is 23.4 Å². The second-order valence-electron chi connectivity index (χ2n) is 6.54. The second-order valence-corrected chi connectivity index (χ2v) is 6.54. The minimum Gasteiger partial charge on any atom is -0.496 e. The van der Waals surface area contributed by atoms with E-state index in [2.05, 4.69) is 10.1 Å². The maximum Gasteiger partial charge on any atom is 0.259 e. The monoisotopic (exact) mass is 385 g/mol. The van der Waals surface area contributed by atoms with Crippen molar-refractivity contribution in [3.63, 3.8) is 0 Å². The van der Waals surface area contributed by atoms with Crippen LogP contribution in [0.1, 0.15) is 33.6 Å². The van der Waals surface area contributed by atoms with Gasteiger partial charge in [-0.25, -0.2) is 8.78 Å². The molecule has 144 valence electrons. The van der Waals surface area contributed by atoms with Gasteiger partial charge in [-0.2, -0.15) is 4.98 Å². The molecular formula is C20H17F2N3O3. The highest BCUT2D eigenvalue weighted by Crippen LogP contribution is 2.29. The number of amides is 1. The van der Waals surface area contributed by atoms with E-state index < -0.39 is 23.1 Å². The Morgan fingerprint density at radius 1 is 1.18 bits per heavy atom. The fourth-order valence-electron chi connectivity index (χ4n) is 3.19. The lowest BCUT2D eigenvalue weighted by Crippen LogP contribution is -2.49. The summed E-state index contributed by atoms with van der Waals surface area (Å²) in [6.07, 6.45) is 0.448. The molecule has 0 aliphatic carbocycles. The van der Waals surface area contributed by atoms with Crippen molar-refractivity contribution in [3.05, 3.63) is 76.9 Å². The van der Waals surface area contributed by atoms with Crippen LogP contribution in [0.25, 0.3) is 0 Å². The minimum absolute atomic E-state index is 0.155. The Balaban J connectivity index is 1.41. The summed E-state index contributed by atoms with van der Waals surface area (Å²) in [6, 6.07) is 10.9. The first kappa shape index (κ1) is 18.1. The van der Waals surface area contributed by atoms with Crippen LogP contribution in [0.5, 0.6) is 5.75 Å². The van der Waals surface area contributed by atoms with Crippen molar-refractivity contribution in [3.8, 4) is 5.75 Å². The number of hydrogen-bond donors (Lipinski definition) is 0. The number of carbonyl (C=O) groups is 1. The molecule has 1 aromatic heterocycles. The van der Waals surface area contributed by atoms with Crippen molar-refractivity contribution >= 4 is 5.91 Å². The predicted molar refractivity (Wildman–Crippen MR) is 95.1 cm³/mol. The lowest BCUT2D eigenvalue weighted by Gasteiger charge is -2.37. The first-order chi connectivity index (χ1) is 13.6. The van der Waals surface area contributed by atoms with Gasteiger partial charge in [-0.3, -0.25) is 4.79 Å². The highest BCUT2D eigenvalue weighted by molar-refractivity contribution is 5.95. The smallest absolute Gasteiger partial charge is 0.259 e. The first-order valence-electron chi connectivity index (χ1n) is 8.74. The van der Waals surface area contributed by atoms with Crippen molar-refractivity contribution in [2.75, 3.05) is 20.2 Å². The molecule has 4 rings (SSSR count). The summed E-state index contributed by atoms with van der Waals surface area (Å²) in [7, 11) is 1.60. The number of likely N-dealkylation sites (tertiary alicyclic amines) is 1. The summed E-state index contributed by atoms with van der Waals surface area (Å²) >= 11 is 0. The molecular weight excluding hydrogens is 368 g/mol. The van der Waals surface area contributed by atoms with Gasteiger partial charge in [0.05, 0.1) is 13.0 Å². The van der Waals surface area contributed by atoms with Gasteiger partial charge in [0.1, 0.15) is 22.9 Å². The molecule has 28 heavy (non-hydrogen) atoms. The number of methoxy groups -OCH3 is 1. The van der Waals surface area contributed by atoms with E-state index in [9.17, 15) is 13.6 Å². The summed E-state index contributed by atoms with van der Waals surface area (Å²) < 4.78 is 38.2. The van der Waals surface area contributed by atoms with Crippen LogP contribution in [0.2, 0.25) is 0 Å². The zero-order valence-electron chi connectivity index (χ0n) is 15.1. The number of hydrogen-bond acceptors (Lipinski definition) is 5. The van der Waals surface area contributed by atoms with Gasteiger partial charge in [-0.05, 0) is 18.2 Å². The number of aromatic nitrogens is 2. The van der Waals surface area contributed by atoms with Gasteiger partial charge in [0.15, 0.2) is 5.82 Å². The molecule has 2 heterocycles. The molecule has 0 spiro atoms. The van der Waals surface area contributed by atoms with E-state index in [1.807, 2.05) is 24.3 Å². The third-order valence-electron chi connectivity index (χ3n) is 4.72. The van der Waals surface area contributed by atoms with Crippen LogP contribution >= 0.6 is 0 Å². The van der Waals surface area contributed by atoms with Crippen molar-refractivity contribution in [1.82, 2.24) is 15.0 Å². The fraction of sp³-hybridized carbons (Fsp3) is 0.250. The van der Waals surface area contributed by atoms with Crippen LogP contribution in [0.4, 0.5) is 8.78 Å². The zero-order valence-corrected chi connectivity index (χ0v) is 15.1. The van der Waals surface area contributed by atoms with Gasteiger partial charge in [-0.15, -0.1) is 0 Å². The van der Waals surface area contributed by atoms with E-state index in [4.69, 9.17) is 9.26 Å². The molecule has 0 radical (unpaired) electrons. The van der Waals surface area contributed by atoms with Gasteiger partial charge in [0.2, 0.25) is 5.89 Å². The molecule has 0 unspecified atom stereocenters. The van der Waals surface area contributed by atoms with Crippen LogP contribution in [0, 0.1) is 11.6 Å². The predicted octanol–water partition coefficient (Wildman–Crippen LogP) is 3.19. The molecule has 0 atom stereocenters. The second kappa shape index (κ2) is 7.38. The first-order valence-corrected chi connectivity index (χ1v) is 8.74. The molecule has 0 N–H and O–H groups in total. The summed E-state index contributed by atoms with van der Waals surface area (Å²) in [5, 5.41) is 3.98. The van der Waals surface area contributed by atoms with Gasteiger partial charge in [0, 0.05) is 25.1 Å². The van der Waals surface area contributed by atoms with Crippen molar-refractivity contribution in [2.45, 2.75) is 12.3 Å². The third-order valence-corrected chi connectivity index (χ3v) is 4.72. The Morgan fingerprint density at radius 2 is 1.89 bits per heavy atom. The van der Waals surface area contributed by atoms with Crippen LogP contribution in [-0.2, 0) is 6.42 Å². The van der Waals surface area contributed by atoms with Crippen LogP contribution in [0.3, 0.4) is 0 Å². The van der Waals surface area contributed by atoms with Crippen LogP contribution in [-0.4, -0.2) is 41.1 Å². The quantitative estimate of drug-likeness (QED) is 0.675. The molecule has 6 nitrogen and oxygen atoms in total. The Bertz CT molecular complexity index is 995. The maximum atomic E-state index is 13.8. The van der Waals surface area contributed by atoms with E-state index >= 15 is 0 Å². The van der Waals surface area contributed by atoms with Gasteiger partial charge in [0.25, 0.3) is 5.91 Å². The number of carbonyl (C=O) groups excluding carboxylic acids is 1. The van der Waals surface area contributed by atoms with Crippen molar-refractivity contribution in [2.24, 2.45) is 0 Å². The molecule has 1 amide bonds. The average Bonchev–Trinajstić information content (AvgIpc) is 3.09. The molecule has 0 saturated carbocycles. The topological polar surface area (TPSA) is 68.5 Å². The Labute approximate surface area is 159 Å². The van der Waals surface area contributed by atoms with E-state index in [-0.39, 0.29) is 19.0 Å². The molecule has 8 heteroatoms. The summed E-state index contributed by atoms with van der Waals surface area (Å²) in [4.78, 5) is 18.1. The molecule has 1 aliphatic heterocycles. The SMILES string of the molecule is COc1ccccc1Cc1noc(C2CN(C(=O)c3c(F)cccc3F)C2)n1. The zero-order chi connectivity index (χ0) is 19.7. The highest BCUT2D eigenvalue weighted by Gasteiger charge is 2.37. The highest BCUT2D eigenvalue weighted by atomic mass is 19.1. The molecule has 3 aromatic rings. The normalized spacial score (nSPS) is 14.0. The fourth-order valence-corrected chi connectivity index (χ4v) is 3.19. The third kappa shape index (κ3) is 3.33. The number of benzene rings is 2. The van der Waals surface area contributed by atoms with E-state index in [0.29, 0.717) is 18.1 Å². The van der Waals surface area contributed by atoms with Gasteiger partial charge in [-0.1, -0.05) is 29.4 Å². The lowest BCUT2D eigenvalue weighted by atomic mass is 9.98. The largest absolute Gasteiger partial charge is 0.496 e. The average molecular weight is 385 g/mol. The molecule has 0 bridgehead atoms. The van der Waals surface area contributed by atoms with E-state index in [1.165, 1.54) is 11.0 Å². The number of ether oxygens (including phenoxy) is 1. The van der Waals surface area contributed by atoms with Crippen LogP contribution < -0.4 is 4.74 Å². The molecule has 1 aliphatic rings. The van der Waals surface area contributed by atoms with Crippen LogP contribution in [0.15, 0.2) is 47.0 Å². The maximum absolute atomic E-state index is 13.8. The molecule has 1 fully saturated rings. The minimum atomic E-state index is -0.870. The number of halogens is 2. The standard InChI is InChI=1S/C20H17F2N3O3/c1-27-16-8-3-2-5-12(16)9-17-23-19(28-24-17)13-10-25(11-13)20(26)18-14(21)6-4-7-15(18)22/h2-8,13H,9-11H2,1H3. The number of nitrogens with zero attached hydrogens (tertiary/aromatic N) is 3. The summed E-state index contributed by atoms with van der Waals surface area (Å²) in [5.74, 6) is -0.928. The summed E-state index contributed by atoms with van der Waals surface area (Å²) in [6.45, 7) is 0.534. The van der Waals surface area contributed by atoms with E-state index in [1.54, 1.807) is 7.11 Å². The lowest BCUT2D eigenvalue weighted by molar-refractivity contribution is 0.0559.